The first-order valence-corrected chi connectivity index (χ1v) is 7.60. The zero-order chi connectivity index (χ0) is 14.2. The highest BCUT2D eigenvalue weighted by atomic mass is 15.2. The molecule has 2 aliphatic heterocycles. The highest BCUT2D eigenvalue weighted by Crippen LogP contribution is 2.38. The Morgan fingerprint density at radius 1 is 1.35 bits per heavy atom. The molecule has 0 aromatic carbocycles. The minimum Gasteiger partial charge on any atom is -0.360 e. The smallest absolute Gasteiger partial charge is 0.101 e. The molecule has 0 bridgehead atoms. The lowest BCUT2D eigenvalue weighted by molar-refractivity contribution is 0.0891. The number of nitrogens with one attached hydrogen (secondary N) is 1. The summed E-state index contributed by atoms with van der Waals surface area (Å²) in [5.74, 6) is 0. The van der Waals surface area contributed by atoms with Gasteiger partial charge in [0.25, 0.3) is 0 Å². The fourth-order valence-electron chi connectivity index (χ4n) is 4.01. The molecule has 2 aliphatic rings. The third kappa shape index (κ3) is 2.61. The summed E-state index contributed by atoms with van der Waals surface area (Å²) in [5.41, 5.74) is 3.48. The Hall–Kier alpha value is -1.31. The molecule has 1 N–H and O–H groups in total. The molecular formula is C16H24N4. The molecule has 3 heterocycles. The maximum atomic E-state index is 9.05. The molecule has 4 nitrogen and oxygen atoms in total. The molecule has 0 aliphatic carbocycles. The van der Waals surface area contributed by atoms with Crippen LogP contribution in [0.3, 0.4) is 0 Å². The van der Waals surface area contributed by atoms with Crippen LogP contribution in [-0.4, -0.2) is 48.0 Å². The summed E-state index contributed by atoms with van der Waals surface area (Å²) in [6, 6.07) is 4.26. The third-order valence-electron chi connectivity index (χ3n) is 4.95. The largest absolute Gasteiger partial charge is 0.360 e. The minimum atomic E-state index is 0.521. The number of nitriles is 1. The van der Waals surface area contributed by atoms with E-state index in [-0.39, 0.29) is 0 Å². The zero-order valence-electron chi connectivity index (χ0n) is 12.6. The van der Waals surface area contributed by atoms with E-state index < -0.39 is 0 Å². The molecule has 4 heteroatoms. The zero-order valence-corrected chi connectivity index (χ0v) is 12.6. The van der Waals surface area contributed by atoms with Crippen molar-refractivity contribution in [3.8, 4) is 6.07 Å². The van der Waals surface area contributed by atoms with Crippen LogP contribution >= 0.6 is 0 Å². The monoisotopic (exact) mass is 272 g/mol. The summed E-state index contributed by atoms with van der Waals surface area (Å²) in [7, 11) is 2.24. The average Bonchev–Trinajstić information content (AvgIpc) is 2.93. The van der Waals surface area contributed by atoms with E-state index in [4.69, 9.17) is 5.26 Å². The molecule has 1 aromatic heterocycles. The van der Waals surface area contributed by atoms with Gasteiger partial charge >= 0.3 is 0 Å². The van der Waals surface area contributed by atoms with Crippen molar-refractivity contribution in [2.45, 2.75) is 32.7 Å². The first-order chi connectivity index (χ1) is 9.60. The Morgan fingerprint density at radius 2 is 2.20 bits per heavy atom. The topological polar surface area (TPSA) is 46.1 Å². The molecule has 1 aromatic rings. The van der Waals surface area contributed by atoms with Crippen molar-refractivity contribution in [2.75, 3.05) is 33.2 Å². The number of aromatic nitrogens is 1. The number of hydrogen-bond donors (Lipinski definition) is 1. The lowest BCUT2D eigenvalue weighted by atomic mass is 9.79. The van der Waals surface area contributed by atoms with Gasteiger partial charge in [0.2, 0.25) is 0 Å². The number of aromatic amines is 1. The summed E-state index contributed by atoms with van der Waals surface area (Å²) < 4.78 is 0. The molecule has 0 saturated carbocycles. The van der Waals surface area contributed by atoms with E-state index in [1.54, 1.807) is 0 Å². The van der Waals surface area contributed by atoms with Gasteiger partial charge in [-0.05, 0) is 57.8 Å². The lowest BCUT2D eigenvalue weighted by Crippen LogP contribution is -2.44. The average molecular weight is 272 g/mol. The number of hydrogen-bond acceptors (Lipinski definition) is 3. The SMILES string of the molecule is Cc1[nH]c(CN2CCC[C@@]3(CCN(C)C3)C2)cc1C#N. The predicted molar refractivity (Wildman–Crippen MR) is 79.3 cm³/mol. The highest BCUT2D eigenvalue weighted by molar-refractivity contribution is 5.35. The Morgan fingerprint density at radius 3 is 2.85 bits per heavy atom. The second-order valence-electron chi connectivity index (χ2n) is 6.75. The van der Waals surface area contributed by atoms with Crippen LogP contribution < -0.4 is 0 Å². The van der Waals surface area contributed by atoms with Crippen molar-refractivity contribution in [3.05, 3.63) is 23.0 Å². The standard InChI is InChI=1S/C16H24N4/c1-13-14(9-17)8-15(18-13)10-20-6-3-4-16(12-20)5-7-19(2)11-16/h8,18H,3-7,10-12H2,1-2H3/t16-/m0/s1. The summed E-state index contributed by atoms with van der Waals surface area (Å²) in [5, 5.41) is 9.05. The molecular weight excluding hydrogens is 248 g/mol. The van der Waals surface area contributed by atoms with E-state index in [2.05, 4.69) is 27.9 Å². The number of aryl methyl sites for hydroxylation is 1. The molecule has 0 unspecified atom stereocenters. The van der Waals surface area contributed by atoms with Crippen LogP contribution in [0.2, 0.25) is 0 Å². The van der Waals surface area contributed by atoms with Crippen LogP contribution in [0, 0.1) is 23.7 Å². The fraction of sp³-hybridized carbons (Fsp3) is 0.688. The minimum absolute atomic E-state index is 0.521. The van der Waals surface area contributed by atoms with Crippen LogP contribution in [0.25, 0.3) is 0 Å². The van der Waals surface area contributed by atoms with Gasteiger partial charge in [0, 0.05) is 31.0 Å². The Labute approximate surface area is 121 Å². The van der Waals surface area contributed by atoms with E-state index in [1.165, 1.54) is 51.1 Å². The van der Waals surface area contributed by atoms with Crippen LogP contribution in [0.15, 0.2) is 6.07 Å². The Bertz CT molecular complexity index is 523. The number of H-pyrrole nitrogens is 1. The van der Waals surface area contributed by atoms with E-state index in [1.807, 2.05) is 13.0 Å². The van der Waals surface area contributed by atoms with E-state index in [0.29, 0.717) is 5.41 Å². The first kappa shape index (κ1) is 13.7. The van der Waals surface area contributed by atoms with Crippen molar-refractivity contribution in [2.24, 2.45) is 5.41 Å². The first-order valence-electron chi connectivity index (χ1n) is 7.60. The molecule has 0 amide bonds. The molecule has 0 radical (unpaired) electrons. The van der Waals surface area contributed by atoms with Crippen molar-refractivity contribution < 1.29 is 0 Å². The van der Waals surface area contributed by atoms with Crippen LogP contribution in [0.5, 0.6) is 0 Å². The maximum Gasteiger partial charge on any atom is 0.101 e. The van der Waals surface area contributed by atoms with Gasteiger partial charge in [0.05, 0.1) is 5.56 Å². The van der Waals surface area contributed by atoms with Gasteiger partial charge in [-0.25, -0.2) is 0 Å². The quantitative estimate of drug-likeness (QED) is 0.897. The summed E-state index contributed by atoms with van der Waals surface area (Å²) in [6.07, 6.45) is 4.02. The predicted octanol–water partition coefficient (Wildman–Crippen LogP) is 2.11. The van der Waals surface area contributed by atoms with Crippen LogP contribution in [0.4, 0.5) is 0 Å². The summed E-state index contributed by atoms with van der Waals surface area (Å²) in [6.45, 7) is 7.81. The molecule has 2 fully saturated rings. The summed E-state index contributed by atoms with van der Waals surface area (Å²) in [4.78, 5) is 8.39. The second kappa shape index (κ2) is 5.23. The number of likely N-dealkylation sites (tertiary alicyclic amines) is 2. The number of nitrogens with zero attached hydrogens (tertiary/aromatic N) is 3. The van der Waals surface area contributed by atoms with Crippen molar-refractivity contribution >= 4 is 0 Å². The second-order valence-corrected chi connectivity index (χ2v) is 6.75. The fourth-order valence-corrected chi connectivity index (χ4v) is 4.01. The van der Waals surface area contributed by atoms with Gasteiger partial charge < -0.3 is 9.88 Å². The molecule has 1 spiro atoms. The molecule has 1 atom stereocenters. The van der Waals surface area contributed by atoms with Crippen molar-refractivity contribution in [3.63, 3.8) is 0 Å². The molecule has 2 saturated heterocycles. The molecule has 3 rings (SSSR count). The van der Waals surface area contributed by atoms with Gasteiger partial charge in [0.15, 0.2) is 0 Å². The van der Waals surface area contributed by atoms with E-state index in [9.17, 15) is 0 Å². The van der Waals surface area contributed by atoms with Gasteiger partial charge in [-0.3, -0.25) is 4.90 Å². The van der Waals surface area contributed by atoms with Crippen molar-refractivity contribution in [1.29, 1.82) is 5.26 Å². The van der Waals surface area contributed by atoms with Gasteiger partial charge in [-0.1, -0.05) is 0 Å². The maximum absolute atomic E-state index is 9.05. The van der Waals surface area contributed by atoms with Gasteiger partial charge in [-0.2, -0.15) is 5.26 Å². The van der Waals surface area contributed by atoms with Gasteiger partial charge in [0.1, 0.15) is 6.07 Å². The third-order valence-corrected chi connectivity index (χ3v) is 4.95. The normalized spacial score (nSPS) is 28.1. The van der Waals surface area contributed by atoms with Crippen LogP contribution in [-0.2, 0) is 6.54 Å². The summed E-state index contributed by atoms with van der Waals surface area (Å²) >= 11 is 0. The van der Waals surface area contributed by atoms with Crippen LogP contribution in [0.1, 0.15) is 36.2 Å². The number of piperidine rings is 1. The highest BCUT2D eigenvalue weighted by Gasteiger charge is 2.40. The van der Waals surface area contributed by atoms with Gasteiger partial charge in [-0.15, -0.1) is 0 Å². The van der Waals surface area contributed by atoms with E-state index in [0.717, 1.165) is 17.8 Å². The number of rotatable bonds is 2. The van der Waals surface area contributed by atoms with E-state index >= 15 is 0 Å². The molecule has 20 heavy (non-hydrogen) atoms. The Kier molecular flexibility index (Phi) is 3.57. The lowest BCUT2D eigenvalue weighted by Gasteiger charge is -2.40. The Balaban J connectivity index is 1.67. The van der Waals surface area contributed by atoms with Crippen molar-refractivity contribution in [1.82, 2.24) is 14.8 Å². The molecule has 108 valence electrons.